The zero-order valence-corrected chi connectivity index (χ0v) is 10.9. The number of nitrogens with zero attached hydrogens (tertiary/aromatic N) is 1. The van der Waals surface area contributed by atoms with Crippen molar-refractivity contribution in [2.45, 2.75) is 6.42 Å². The first-order chi connectivity index (χ1) is 9.03. The number of hydrogen-bond donors (Lipinski definition) is 1. The lowest BCUT2D eigenvalue weighted by molar-refractivity contribution is 0.102. The number of aromatic nitrogens is 1. The number of fused-ring (bicyclic) bond motifs is 1. The van der Waals surface area contributed by atoms with E-state index in [1.165, 1.54) is 6.20 Å². The van der Waals surface area contributed by atoms with Crippen molar-refractivity contribution in [2.75, 3.05) is 11.5 Å². The second-order valence-electron chi connectivity index (χ2n) is 4.17. The maximum Gasteiger partial charge on any atom is 0.180 e. The lowest BCUT2D eigenvalue weighted by atomic mass is 10.1. The summed E-state index contributed by atoms with van der Waals surface area (Å²) in [5.41, 5.74) is 1.16. The summed E-state index contributed by atoms with van der Waals surface area (Å²) in [6, 6.07) is 8.96. The van der Waals surface area contributed by atoms with E-state index in [1.54, 1.807) is 18.2 Å². The van der Waals surface area contributed by atoms with Gasteiger partial charge in [0.1, 0.15) is 5.75 Å². The molecular weight excluding hydrogens is 264 g/mol. The zero-order chi connectivity index (χ0) is 13.9. The van der Waals surface area contributed by atoms with Crippen LogP contribution in [0.25, 0.3) is 10.9 Å². The first kappa shape index (κ1) is 13.3. The van der Waals surface area contributed by atoms with E-state index in [0.717, 1.165) is 5.52 Å². The zero-order valence-electron chi connectivity index (χ0n) is 10.1. The van der Waals surface area contributed by atoms with E-state index in [2.05, 4.69) is 4.98 Å². The summed E-state index contributed by atoms with van der Waals surface area (Å²) in [4.78, 5) is 14.9. The summed E-state index contributed by atoms with van der Waals surface area (Å²) in [6.07, 6.45) is 1.43. The SMILES string of the molecule is N#CCCS(=O)(=O)CC(=O)c1c[nH]c2ccccc12. The van der Waals surface area contributed by atoms with Crippen molar-refractivity contribution in [3.63, 3.8) is 0 Å². The molecule has 0 radical (unpaired) electrons. The topological polar surface area (TPSA) is 90.8 Å². The molecule has 0 aliphatic rings. The van der Waals surface area contributed by atoms with Crippen molar-refractivity contribution in [1.29, 1.82) is 5.26 Å². The number of carbonyl (C=O) groups excluding carboxylic acids is 1. The first-order valence-corrected chi connectivity index (χ1v) is 7.52. The van der Waals surface area contributed by atoms with E-state index in [9.17, 15) is 13.2 Å². The molecule has 2 rings (SSSR count). The standard InChI is InChI=1S/C13H12N2O3S/c14-6-3-7-19(17,18)9-13(16)11-8-15-12-5-2-1-4-10(11)12/h1-2,4-5,8,15H,3,7,9H2. The fourth-order valence-electron chi connectivity index (χ4n) is 1.85. The Morgan fingerprint density at radius 1 is 1.32 bits per heavy atom. The molecule has 1 heterocycles. The number of H-pyrrole nitrogens is 1. The van der Waals surface area contributed by atoms with Gasteiger partial charge in [0.25, 0.3) is 0 Å². The fourth-order valence-corrected chi connectivity index (χ4v) is 2.95. The predicted octanol–water partition coefficient (Wildman–Crippen LogP) is 1.68. The monoisotopic (exact) mass is 276 g/mol. The third-order valence-corrected chi connectivity index (χ3v) is 4.29. The molecule has 0 aliphatic carbocycles. The maximum absolute atomic E-state index is 12.0. The van der Waals surface area contributed by atoms with Gasteiger partial charge in [0, 0.05) is 29.1 Å². The molecule has 6 heteroatoms. The third-order valence-electron chi connectivity index (χ3n) is 2.77. The molecule has 0 aliphatic heterocycles. The summed E-state index contributed by atoms with van der Waals surface area (Å²) < 4.78 is 23.3. The number of ketones is 1. The van der Waals surface area contributed by atoms with Crippen molar-refractivity contribution >= 4 is 26.5 Å². The van der Waals surface area contributed by atoms with E-state index in [0.29, 0.717) is 10.9 Å². The van der Waals surface area contributed by atoms with Crippen LogP contribution < -0.4 is 0 Å². The minimum atomic E-state index is -3.52. The van der Waals surface area contributed by atoms with Crippen molar-refractivity contribution in [1.82, 2.24) is 4.98 Å². The van der Waals surface area contributed by atoms with Crippen LogP contribution in [-0.4, -0.2) is 30.7 Å². The lowest BCUT2D eigenvalue weighted by Crippen LogP contribution is -2.18. The van der Waals surface area contributed by atoms with E-state index in [4.69, 9.17) is 5.26 Å². The molecule has 0 saturated carbocycles. The molecule has 0 unspecified atom stereocenters. The molecule has 0 spiro atoms. The van der Waals surface area contributed by atoms with Crippen molar-refractivity contribution in [3.05, 3.63) is 36.0 Å². The van der Waals surface area contributed by atoms with Gasteiger partial charge in [0.15, 0.2) is 15.6 Å². The van der Waals surface area contributed by atoms with Gasteiger partial charge in [-0.15, -0.1) is 0 Å². The Bertz CT molecular complexity index is 754. The number of nitrogens with one attached hydrogen (secondary N) is 1. The van der Waals surface area contributed by atoms with Crippen LogP contribution in [-0.2, 0) is 9.84 Å². The molecular formula is C13H12N2O3S. The summed E-state index contributed by atoms with van der Waals surface area (Å²) in [7, 11) is -3.52. The number of benzene rings is 1. The molecule has 0 bridgehead atoms. The van der Waals surface area contributed by atoms with Crippen LogP contribution in [0.4, 0.5) is 0 Å². The second kappa shape index (κ2) is 5.24. The van der Waals surface area contributed by atoms with Gasteiger partial charge in [-0.25, -0.2) is 8.42 Å². The van der Waals surface area contributed by atoms with Gasteiger partial charge in [-0.3, -0.25) is 4.79 Å². The smallest absolute Gasteiger partial charge is 0.180 e. The number of sulfone groups is 1. The van der Waals surface area contributed by atoms with Crippen LogP contribution in [0.15, 0.2) is 30.5 Å². The average Bonchev–Trinajstić information content (AvgIpc) is 2.80. The van der Waals surface area contributed by atoms with E-state index in [1.807, 2.05) is 12.1 Å². The number of nitriles is 1. The van der Waals surface area contributed by atoms with Gasteiger partial charge in [-0.1, -0.05) is 18.2 Å². The highest BCUT2D eigenvalue weighted by molar-refractivity contribution is 7.92. The highest BCUT2D eigenvalue weighted by atomic mass is 32.2. The summed E-state index contributed by atoms with van der Waals surface area (Å²) in [5.74, 6) is -1.29. The number of Topliss-reactive ketones (excluding diaryl/α,β-unsaturated/α-hetero) is 1. The quantitative estimate of drug-likeness (QED) is 0.841. The Balaban J connectivity index is 2.24. The number of hydrogen-bond acceptors (Lipinski definition) is 4. The van der Waals surface area contributed by atoms with Crippen LogP contribution in [0.2, 0.25) is 0 Å². The Morgan fingerprint density at radius 2 is 2.05 bits per heavy atom. The van der Waals surface area contributed by atoms with E-state index < -0.39 is 21.4 Å². The van der Waals surface area contributed by atoms with Gasteiger partial charge in [0.2, 0.25) is 0 Å². The van der Waals surface area contributed by atoms with Crippen LogP contribution >= 0.6 is 0 Å². The average molecular weight is 276 g/mol. The lowest BCUT2D eigenvalue weighted by Gasteiger charge is -2.00. The Labute approximate surface area is 110 Å². The number of para-hydroxylation sites is 1. The Kier molecular flexibility index (Phi) is 3.67. The highest BCUT2D eigenvalue weighted by Gasteiger charge is 2.20. The molecule has 2 aromatic rings. The Hall–Kier alpha value is -2.13. The molecule has 0 fully saturated rings. The van der Waals surface area contributed by atoms with Crippen molar-refractivity contribution < 1.29 is 13.2 Å². The largest absolute Gasteiger partial charge is 0.360 e. The molecule has 1 N–H and O–H groups in total. The molecule has 0 saturated heterocycles. The van der Waals surface area contributed by atoms with Gasteiger partial charge in [-0.05, 0) is 6.07 Å². The molecule has 1 aromatic carbocycles. The summed E-state index contributed by atoms with van der Waals surface area (Å²) >= 11 is 0. The third kappa shape index (κ3) is 3.01. The summed E-state index contributed by atoms with van der Waals surface area (Å²) in [6.45, 7) is 0. The van der Waals surface area contributed by atoms with E-state index in [-0.39, 0.29) is 12.2 Å². The minimum absolute atomic E-state index is 0.0938. The van der Waals surface area contributed by atoms with Crippen LogP contribution in [0.3, 0.4) is 0 Å². The van der Waals surface area contributed by atoms with Gasteiger partial charge < -0.3 is 4.98 Å². The van der Waals surface area contributed by atoms with Crippen molar-refractivity contribution in [3.8, 4) is 6.07 Å². The normalized spacial score (nSPS) is 11.3. The maximum atomic E-state index is 12.0. The number of carbonyl (C=O) groups is 1. The number of aromatic amines is 1. The Morgan fingerprint density at radius 3 is 2.79 bits per heavy atom. The minimum Gasteiger partial charge on any atom is -0.360 e. The predicted molar refractivity (Wildman–Crippen MR) is 71.5 cm³/mol. The van der Waals surface area contributed by atoms with Crippen molar-refractivity contribution in [2.24, 2.45) is 0 Å². The van der Waals surface area contributed by atoms with Crippen LogP contribution in [0, 0.1) is 11.3 Å². The molecule has 1 aromatic heterocycles. The first-order valence-electron chi connectivity index (χ1n) is 5.70. The van der Waals surface area contributed by atoms with Gasteiger partial charge in [0.05, 0.1) is 11.8 Å². The molecule has 0 amide bonds. The fraction of sp³-hybridized carbons (Fsp3) is 0.231. The van der Waals surface area contributed by atoms with Crippen LogP contribution in [0.1, 0.15) is 16.8 Å². The molecule has 0 atom stereocenters. The number of rotatable bonds is 5. The second-order valence-corrected chi connectivity index (χ2v) is 6.36. The van der Waals surface area contributed by atoms with Gasteiger partial charge >= 0.3 is 0 Å². The molecule has 98 valence electrons. The molecule has 5 nitrogen and oxygen atoms in total. The molecule has 19 heavy (non-hydrogen) atoms. The van der Waals surface area contributed by atoms with Gasteiger partial charge in [-0.2, -0.15) is 5.26 Å². The van der Waals surface area contributed by atoms with Crippen LogP contribution in [0.5, 0.6) is 0 Å². The van der Waals surface area contributed by atoms with E-state index >= 15 is 0 Å². The highest BCUT2D eigenvalue weighted by Crippen LogP contribution is 2.18. The summed E-state index contributed by atoms with van der Waals surface area (Å²) in [5, 5.41) is 9.10.